The molecule has 0 aromatic heterocycles. The summed E-state index contributed by atoms with van der Waals surface area (Å²) in [6, 6.07) is -0.0750. The molecule has 0 bridgehead atoms. The Morgan fingerprint density at radius 2 is 1.95 bits per heavy atom. The highest BCUT2D eigenvalue weighted by Gasteiger charge is 2.38. The van der Waals surface area contributed by atoms with E-state index in [1.807, 2.05) is 0 Å². The maximum Gasteiger partial charge on any atom is 0.321 e. The summed E-state index contributed by atoms with van der Waals surface area (Å²) >= 11 is 0. The van der Waals surface area contributed by atoms with Crippen molar-refractivity contribution in [1.82, 2.24) is 15.5 Å². The van der Waals surface area contributed by atoms with Crippen molar-refractivity contribution in [3.63, 3.8) is 0 Å². The number of rotatable bonds is 4. The molecular formula is C14H23N3O4. The van der Waals surface area contributed by atoms with Crippen LogP contribution in [-0.2, 0) is 9.59 Å². The number of urea groups is 1. The number of imide groups is 1. The summed E-state index contributed by atoms with van der Waals surface area (Å²) in [5, 5.41) is 14.0. The van der Waals surface area contributed by atoms with Crippen molar-refractivity contribution in [3.05, 3.63) is 0 Å². The highest BCUT2D eigenvalue weighted by atomic mass is 16.4. The molecule has 2 unspecified atom stereocenters. The number of aliphatic carboxylic acids is 1. The van der Waals surface area contributed by atoms with Crippen LogP contribution in [0.15, 0.2) is 0 Å². The molecule has 2 aliphatic rings. The molecule has 7 nitrogen and oxygen atoms in total. The molecule has 2 atom stereocenters. The summed E-state index contributed by atoms with van der Waals surface area (Å²) in [6.07, 6.45) is 2.89. The fourth-order valence-corrected chi connectivity index (χ4v) is 3.10. The van der Waals surface area contributed by atoms with Crippen molar-refractivity contribution in [3.8, 4) is 0 Å². The van der Waals surface area contributed by atoms with Crippen molar-refractivity contribution in [2.24, 2.45) is 5.41 Å². The summed E-state index contributed by atoms with van der Waals surface area (Å²) in [5.74, 6) is -1.63. The first kappa shape index (κ1) is 15.8. The average Bonchev–Trinajstić information content (AvgIpc) is 2.92. The minimum absolute atomic E-state index is 0.0767. The number of hydrogen-bond acceptors (Lipinski definition) is 4. The van der Waals surface area contributed by atoms with Gasteiger partial charge in [0.1, 0.15) is 0 Å². The number of hydrogen-bond donors (Lipinski definition) is 3. The van der Waals surface area contributed by atoms with Gasteiger partial charge in [0.15, 0.2) is 0 Å². The standard InChI is InChI=1S/C14H23N3O4/c1-14(2,12(19)20)8-11(18)16-13(21)15-9-5-7-17-6-3-4-10(9)17/h9-10H,3-8H2,1-2H3,(H,19,20)(H2,15,16,18,21). The number of carbonyl (C=O) groups is 3. The first-order valence-electron chi connectivity index (χ1n) is 7.37. The van der Waals surface area contributed by atoms with Crippen LogP contribution in [0.25, 0.3) is 0 Å². The van der Waals surface area contributed by atoms with E-state index in [-0.39, 0.29) is 12.5 Å². The Hall–Kier alpha value is -1.63. The molecule has 21 heavy (non-hydrogen) atoms. The summed E-state index contributed by atoms with van der Waals surface area (Å²) < 4.78 is 0. The number of carbonyl (C=O) groups excluding carboxylic acids is 2. The van der Waals surface area contributed by atoms with Crippen molar-refractivity contribution in [1.29, 1.82) is 0 Å². The Labute approximate surface area is 124 Å². The largest absolute Gasteiger partial charge is 0.481 e. The van der Waals surface area contributed by atoms with Gasteiger partial charge in [-0.2, -0.15) is 0 Å². The molecule has 0 saturated carbocycles. The molecule has 0 spiro atoms. The lowest BCUT2D eigenvalue weighted by Crippen LogP contribution is -2.49. The fourth-order valence-electron chi connectivity index (χ4n) is 3.10. The van der Waals surface area contributed by atoms with Crippen LogP contribution < -0.4 is 10.6 Å². The second kappa shape index (κ2) is 6.01. The van der Waals surface area contributed by atoms with Crippen LogP contribution in [0.4, 0.5) is 4.79 Å². The van der Waals surface area contributed by atoms with Crippen LogP contribution in [0.5, 0.6) is 0 Å². The zero-order valence-electron chi connectivity index (χ0n) is 12.5. The minimum atomic E-state index is -1.18. The number of nitrogens with zero attached hydrogens (tertiary/aromatic N) is 1. The van der Waals surface area contributed by atoms with Gasteiger partial charge in [0, 0.05) is 25.0 Å². The Morgan fingerprint density at radius 3 is 2.62 bits per heavy atom. The molecule has 0 aromatic rings. The first-order valence-corrected chi connectivity index (χ1v) is 7.37. The van der Waals surface area contributed by atoms with Gasteiger partial charge in [-0.05, 0) is 39.7 Å². The smallest absolute Gasteiger partial charge is 0.321 e. The van der Waals surface area contributed by atoms with E-state index in [9.17, 15) is 14.4 Å². The zero-order chi connectivity index (χ0) is 15.6. The lowest BCUT2D eigenvalue weighted by Gasteiger charge is -2.22. The minimum Gasteiger partial charge on any atom is -0.481 e. The third kappa shape index (κ3) is 3.72. The highest BCUT2D eigenvalue weighted by Crippen LogP contribution is 2.27. The maximum absolute atomic E-state index is 11.8. The summed E-state index contributed by atoms with van der Waals surface area (Å²) in [5.41, 5.74) is -1.18. The van der Waals surface area contributed by atoms with E-state index < -0.39 is 23.3 Å². The van der Waals surface area contributed by atoms with Crippen LogP contribution in [0.1, 0.15) is 39.5 Å². The molecule has 7 heteroatoms. The number of fused-ring (bicyclic) bond motifs is 1. The Kier molecular flexibility index (Phi) is 4.51. The summed E-state index contributed by atoms with van der Waals surface area (Å²) in [6.45, 7) is 4.98. The van der Waals surface area contributed by atoms with Gasteiger partial charge in [0.2, 0.25) is 5.91 Å². The predicted molar refractivity (Wildman–Crippen MR) is 75.7 cm³/mol. The van der Waals surface area contributed by atoms with Gasteiger partial charge in [0.25, 0.3) is 0 Å². The fraction of sp³-hybridized carbons (Fsp3) is 0.786. The van der Waals surface area contributed by atoms with Crippen molar-refractivity contribution < 1.29 is 19.5 Å². The second-order valence-corrected chi connectivity index (χ2v) is 6.53. The molecule has 3 N–H and O–H groups in total. The van der Waals surface area contributed by atoms with Crippen LogP contribution in [-0.4, -0.2) is 53.1 Å². The van der Waals surface area contributed by atoms with Gasteiger partial charge in [-0.3, -0.25) is 19.8 Å². The zero-order valence-corrected chi connectivity index (χ0v) is 12.5. The molecule has 2 heterocycles. The van der Waals surface area contributed by atoms with Gasteiger partial charge >= 0.3 is 12.0 Å². The first-order chi connectivity index (χ1) is 9.79. The molecule has 2 saturated heterocycles. The van der Waals surface area contributed by atoms with E-state index in [1.165, 1.54) is 13.8 Å². The quantitative estimate of drug-likeness (QED) is 0.704. The number of carboxylic acids is 1. The van der Waals surface area contributed by atoms with E-state index in [1.54, 1.807) is 0 Å². The molecular weight excluding hydrogens is 274 g/mol. The van der Waals surface area contributed by atoms with E-state index in [4.69, 9.17) is 5.11 Å². The normalized spacial score (nSPS) is 25.4. The van der Waals surface area contributed by atoms with Gasteiger partial charge in [-0.15, -0.1) is 0 Å². The van der Waals surface area contributed by atoms with Gasteiger partial charge in [0.05, 0.1) is 5.41 Å². The van der Waals surface area contributed by atoms with Crippen molar-refractivity contribution >= 4 is 17.9 Å². The number of amides is 3. The van der Waals surface area contributed by atoms with E-state index in [2.05, 4.69) is 15.5 Å². The third-order valence-corrected chi connectivity index (χ3v) is 4.36. The molecule has 0 aliphatic carbocycles. The Bertz CT molecular complexity index is 450. The molecule has 2 rings (SSSR count). The monoisotopic (exact) mass is 297 g/mol. The second-order valence-electron chi connectivity index (χ2n) is 6.53. The summed E-state index contributed by atoms with van der Waals surface area (Å²) in [7, 11) is 0. The molecule has 0 radical (unpaired) electrons. The van der Waals surface area contributed by atoms with Crippen LogP contribution in [0.2, 0.25) is 0 Å². The Morgan fingerprint density at radius 1 is 1.24 bits per heavy atom. The Balaban J connectivity index is 1.79. The average molecular weight is 297 g/mol. The molecule has 2 aliphatic heterocycles. The van der Waals surface area contributed by atoms with Crippen LogP contribution >= 0.6 is 0 Å². The molecule has 3 amide bonds. The topological polar surface area (TPSA) is 98.7 Å². The lowest BCUT2D eigenvalue weighted by molar-refractivity contribution is -0.149. The van der Waals surface area contributed by atoms with Gasteiger partial charge < -0.3 is 10.4 Å². The SMILES string of the molecule is CC(C)(CC(=O)NC(=O)NC1CCN2CCCC12)C(=O)O. The van der Waals surface area contributed by atoms with Gasteiger partial charge in [-0.1, -0.05) is 0 Å². The van der Waals surface area contributed by atoms with E-state index >= 15 is 0 Å². The number of nitrogens with one attached hydrogen (secondary N) is 2. The van der Waals surface area contributed by atoms with Crippen molar-refractivity contribution in [2.45, 2.75) is 51.6 Å². The van der Waals surface area contributed by atoms with Gasteiger partial charge in [-0.25, -0.2) is 4.79 Å². The highest BCUT2D eigenvalue weighted by molar-refractivity contribution is 5.96. The van der Waals surface area contributed by atoms with Crippen LogP contribution in [0.3, 0.4) is 0 Å². The predicted octanol–water partition coefficient (Wildman–Crippen LogP) is 0.550. The van der Waals surface area contributed by atoms with E-state index in [0.29, 0.717) is 6.04 Å². The summed E-state index contributed by atoms with van der Waals surface area (Å²) in [4.78, 5) is 36.9. The molecule has 118 valence electrons. The maximum atomic E-state index is 11.8. The third-order valence-electron chi connectivity index (χ3n) is 4.36. The van der Waals surface area contributed by atoms with Crippen molar-refractivity contribution in [2.75, 3.05) is 13.1 Å². The molecule has 0 aromatic carbocycles. The lowest BCUT2D eigenvalue weighted by atomic mass is 9.89. The van der Waals surface area contributed by atoms with Crippen LogP contribution in [0, 0.1) is 5.41 Å². The van der Waals surface area contributed by atoms with E-state index in [0.717, 1.165) is 32.4 Å². The number of carboxylic acid groups (broad SMARTS) is 1. The molecule has 2 fully saturated rings.